The lowest BCUT2D eigenvalue weighted by molar-refractivity contribution is 0.402. The fourth-order valence-corrected chi connectivity index (χ4v) is 3.98. The molecule has 1 aliphatic carbocycles. The molecule has 5 nitrogen and oxygen atoms in total. The maximum absolute atomic E-state index is 12.6. The zero-order valence-electron chi connectivity index (χ0n) is 12.0. The molecule has 0 heterocycles. The molecule has 0 spiro atoms. The van der Waals surface area contributed by atoms with Gasteiger partial charge in [0.1, 0.15) is 0 Å². The molecule has 0 aliphatic heterocycles. The topological polar surface area (TPSA) is 85.0 Å². The van der Waals surface area contributed by atoms with Crippen LogP contribution in [0.4, 0.5) is 0 Å². The minimum Gasteiger partial charge on any atom is -0.212 e. The first-order valence-corrected chi connectivity index (χ1v) is 8.98. The van der Waals surface area contributed by atoms with E-state index in [0.717, 1.165) is 12.8 Å². The number of rotatable bonds is 7. The number of benzene rings is 1. The van der Waals surface area contributed by atoms with Gasteiger partial charge in [0.15, 0.2) is 0 Å². The van der Waals surface area contributed by atoms with Crippen molar-refractivity contribution >= 4 is 21.6 Å². The number of halogens is 1. The quantitative estimate of drug-likeness (QED) is 0.765. The molecule has 0 bridgehead atoms. The molecule has 1 fully saturated rings. The van der Waals surface area contributed by atoms with E-state index in [1.807, 2.05) is 12.1 Å². The van der Waals surface area contributed by atoms with Crippen LogP contribution < -0.4 is 0 Å². The monoisotopic (exact) mass is 337 g/mol. The van der Waals surface area contributed by atoms with Crippen molar-refractivity contribution in [1.29, 1.82) is 10.5 Å². The third-order valence-corrected chi connectivity index (χ3v) is 5.58. The van der Waals surface area contributed by atoms with Gasteiger partial charge < -0.3 is 0 Å². The second-order valence-corrected chi connectivity index (χ2v) is 7.78. The molecular formula is C15H16ClN3O2S. The molecular weight excluding hydrogens is 322 g/mol. The van der Waals surface area contributed by atoms with Crippen molar-refractivity contribution in [2.45, 2.75) is 25.0 Å². The van der Waals surface area contributed by atoms with Crippen molar-refractivity contribution < 1.29 is 8.42 Å². The van der Waals surface area contributed by atoms with Crippen LogP contribution in [0.25, 0.3) is 0 Å². The standard InChI is InChI=1S/C15H16ClN3O2S/c16-15-5-4-13(14(8-15)9-18)11-22(20,21)19(7-1-6-17)10-12-2-3-12/h4-5,8,12H,1-3,7,10-11H2. The van der Waals surface area contributed by atoms with Crippen LogP contribution in [0, 0.1) is 28.6 Å². The van der Waals surface area contributed by atoms with Crippen molar-refractivity contribution in [2.75, 3.05) is 13.1 Å². The fourth-order valence-electron chi connectivity index (χ4n) is 2.17. The summed E-state index contributed by atoms with van der Waals surface area (Å²) in [7, 11) is -3.56. The third-order valence-electron chi connectivity index (χ3n) is 3.56. The van der Waals surface area contributed by atoms with Gasteiger partial charge in [0, 0.05) is 24.5 Å². The SMILES string of the molecule is N#CCCN(CC1CC1)S(=O)(=O)Cc1ccc(Cl)cc1C#N. The molecule has 116 valence electrons. The Morgan fingerprint density at radius 3 is 2.64 bits per heavy atom. The summed E-state index contributed by atoms with van der Waals surface area (Å²) >= 11 is 5.83. The Balaban J connectivity index is 2.20. The molecule has 0 aromatic heterocycles. The Morgan fingerprint density at radius 2 is 2.05 bits per heavy atom. The molecule has 1 saturated carbocycles. The van der Waals surface area contributed by atoms with Gasteiger partial charge in [-0.3, -0.25) is 0 Å². The van der Waals surface area contributed by atoms with Crippen LogP contribution in [0.1, 0.15) is 30.4 Å². The first-order chi connectivity index (χ1) is 10.5. The lowest BCUT2D eigenvalue weighted by Gasteiger charge is -2.21. The van der Waals surface area contributed by atoms with Gasteiger partial charge in [0.25, 0.3) is 0 Å². The summed E-state index contributed by atoms with van der Waals surface area (Å²) in [5, 5.41) is 18.2. The van der Waals surface area contributed by atoms with E-state index in [1.165, 1.54) is 10.4 Å². The predicted octanol–water partition coefficient (Wildman–Crippen LogP) is 2.67. The van der Waals surface area contributed by atoms with Crippen molar-refractivity contribution in [3.63, 3.8) is 0 Å². The highest BCUT2D eigenvalue weighted by atomic mass is 35.5. The summed E-state index contributed by atoms with van der Waals surface area (Å²) in [4.78, 5) is 0. The molecule has 0 N–H and O–H groups in total. The van der Waals surface area contributed by atoms with Crippen molar-refractivity contribution in [1.82, 2.24) is 4.31 Å². The summed E-state index contributed by atoms with van der Waals surface area (Å²) in [6.45, 7) is 0.657. The maximum atomic E-state index is 12.6. The van der Waals surface area contributed by atoms with E-state index in [1.54, 1.807) is 12.1 Å². The van der Waals surface area contributed by atoms with E-state index < -0.39 is 10.0 Å². The smallest absolute Gasteiger partial charge is 0.212 e. The molecule has 1 aliphatic rings. The van der Waals surface area contributed by atoms with E-state index >= 15 is 0 Å². The zero-order chi connectivity index (χ0) is 16.2. The van der Waals surface area contributed by atoms with Crippen LogP contribution in [-0.4, -0.2) is 25.8 Å². The summed E-state index contributed by atoms with van der Waals surface area (Å²) in [5.41, 5.74) is 0.701. The van der Waals surface area contributed by atoms with Crippen LogP contribution in [0.2, 0.25) is 5.02 Å². The summed E-state index contributed by atoms with van der Waals surface area (Å²) in [6, 6.07) is 8.57. The molecule has 0 amide bonds. The lowest BCUT2D eigenvalue weighted by atomic mass is 10.1. The second kappa shape index (κ2) is 7.11. The van der Waals surface area contributed by atoms with Gasteiger partial charge >= 0.3 is 0 Å². The van der Waals surface area contributed by atoms with E-state index in [2.05, 4.69) is 0 Å². The summed E-state index contributed by atoms with van der Waals surface area (Å²) in [5.74, 6) is 0.153. The molecule has 0 unspecified atom stereocenters. The molecule has 22 heavy (non-hydrogen) atoms. The van der Waals surface area contributed by atoms with Gasteiger partial charge in [-0.2, -0.15) is 10.5 Å². The minimum atomic E-state index is -3.56. The molecule has 1 aromatic rings. The van der Waals surface area contributed by atoms with Crippen molar-refractivity contribution in [3.8, 4) is 12.1 Å². The van der Waals surface area contributed by atoms with Gasteiger partial charge in [0.2, 0.25) is 10.0 Å². The van der Waals surface area contributed by atoms with Crippen molar-refractivity contribution in [3.05, 3.63) is 34.3 Å². The minimum absolute atomic E-state index is 0.164. The highest BCUT2D eigenvalue weighted by Gasteiger charge is 2.30. The van der Waals surface area contributed by atoms with Crippen LogP contribution in [0.5, 0.6) is 0 Å². The van der Waals surface area contributed by atoms with Gasteiger partial charge in [0.05, 0.1) is 23.5 Å². The first kappa shape index (κ1) is 16.8. The van der Waals surface area contributed by atoms with Crippen molar-refractivity contribution in [2.24, 2.45) is 5.92 Å². The number of hydrogen-bond acceptors (Lipinski definition) is 4. The van der Waals surface area contributed by atoms with E-state index in [9.17, 15) is 8.42 Å². The van der Waals surface area contributed by atoms with Gasteiger partial charge in [-0.1, -0.05) is 17.7 Å². The van der Waals surface area contributed by atoms with Crippen LogP contribution in [-0.2, 0) is 15.8 Å². The average molecular weight is 338 g/mol. The first-order valence-electron chi connectivity index (χ1n) is 6.99. The Kier molecular flexibility index (Phi) is 5.42. The van der Waals surface area contributed by atoms with Gasteiger partial charge in [-0.15, -0.1) is 0 Å². The van der Waals surface area contributed by atoms with Crippen LogP contribution >= 0.6 is 11.6 Å². The Labute approximate surface area is 135 Å². The Morgan fingerprint density at radius 1 is 1.32 bits per heavy atom. The molecule has 1 aromatic carbocycles. The van der Waals surface area contributed by atoms with Crippen LogP contribution in [0.3, 0.4) is 0 Å². The van der Waals surface area contributed by atoms with E-state index in [-0.39, 0.29) is 24.3 Å². The molecule has 7 heteroatoms. The van der Waals surface area contributed by atoms with E-state index in [4.69, 9.17) is 22.1 Å². The van der Waals surface area contributed by atoms with Crippen LogP contribution in [0.15, 0.2) is 18.2 Å². The number of nitriles is 2. The summed E-state index contributed by atoms with van der Waals surface area (Å²) in [6.07, 6.45) is 2.23. The number of sulfonamides is 1. The predicted molar refractivity (Wildman–Crippen MR) is 83.3 cm³/mol. The zero-order valence-corrected chi connectivity index (χ0v) is 13.6. The third kappa shape index (κ3) is 4.45. The highest BCUT2D eigenvalue weighted by molar-refractivity contribution is 7.88. The second-order valence-electron chi connectivity index (χ2n) is 5.38. The molecule has 2 rings (SSSR count). The number of hydrogen-bond donors (Lipinski definition) is 0. The fraction of sp³-hybridized carbons (Fsp3) is 0.467. The van der Waals surface area contributed by atoms with E-state index in [0.29, 0.717) is 23.0 Å². The lowest BCUT2D eigenvalue weighted by Crippen LogP contribution is -2.34. The molecule has 0 radical (unpaired) electrons. The maximum Gasteiger partial charge on any atom is 0.218 e. The average Bonchev–Trinajstić information content (AvgIpc) is 3.29. The Bertz CT molecular complexity index is 730. The van der Waals surface area contributed by atoms with Gasteiger partial charge in [-0.05, 0) is 36.5 Å². The molecule has 0 saturated heterocycles. The molecule has 0 atom stereocenters. The number of nitrogens with zero attached hydrogens (tertiary/aromatic N) is 3. The largest absolute Gasteiger partial charge is 0.218 e. The summed E-state index contributed by atoms with van der Waals surface area (Å²) < 4.78 is 26.6. The Hall–Kier alpha value is -1.60. The normalized spacial score (nSPS) is 14.5. The van der Waals surface area contributed by atoms with Gasteiger partial charge in [-0.25, -0.2) is 12.7 Å². The highest BCUT2D eigenvalue weighted by Crippen LogP contribution is 2.31.